The molecule has 0 aliphatic heterocycles. The number of rotatable bonds is 2. The molecule has 0 saturated heterocycles. The highest BCUT2D eigenvalue weighted by Gasteiger charge is 1.98. The molecule has 0 unspecified atom stereocenters. The van der Waals surface area contributed by atoms with E-state index in [1.165, 1.54) is 0 Å². The van der Waals surface area contributed by atoms with Crippen LogP contribution < -0.4 is 11.5 Å². The molecule has 12 heavy (non-hydrogen) atoms. The number of aryl methyl sites for hydroxylation is 1. The molecule has 4 nitrogen and oxygen atoms in total. The van der Waals surface area contributed by atoms with Crippen molar-refractivity contribution < 1.29 is 0 Å². The number of aromatic nitrogens is 1. The lowest BCUT2D eigenvalue weighted by Crippen LogP contribution is -2.22. The van der Waals surface area contributed by atoms with E-state index in [4.69, 9.17) is 11.5 Å². The van der Waals surface area contributed by atoms with Crippen LogP contribution in [-0.2, 0) is 13.6 Å². The maximum absolute atomic E-state index is 5.20. The van der Waals surface area contributed by atoms with Gasteiger partial charge in [0.1, 0.15) is 0 Å². The minimum absolute atomic E-state index is 0.118. The highest BCUT2D eigenvalue weighted by atomic mass is 79.9. The molecule has 4 N–H and O–H groups in total. The molecule has 0 spiro atoms. The molecular weight excluding hydrogens is 220 g/mol. The SMILES string of the molecule is Cn1cc(Br)cc1CN=C(N)N. The second-order valence-corrected chi connectivity index (χ2v) is 3.42. The molecule has 1 aromatic heterocycles. The standard InChI is InChI=1S/C7H11BrN4/c1-12-4-5(8)2-6(12)3-11-7(9)10/h2,4H,3H2,1H3,(H4,9,10,11). The van der Waals surface area contributed by atoms with Crippen LogP contribution in [0.25, 0.3) is 0 Å². The molecule has 0 bridgehead atoms. The molecule has 66 valence electrons. The number of halogens is 1. The van der Waals surface area contributed by atoms with Crippen molar-refractivity contribution in [1.82, 2.24) is 4.57 Å². The van der Waals surface area contributed by atoms with Crippen LogP contribution in [0.4, 0.5) is 0 Å². The second kappa shape index (κ2) is 3.62. The number of nitrogens with zero attached hydrogens (tertiary/aromatic N) is 2. The second-order valence-electron chi connectivity index (χ2n) is 2.50. The van der Waals surface area contributed by atoms with Crippen LogP contribution in [0, 0.1) is 0 Å². The summed E-state index contributed by atoms with van der Waals surface area (Å²) in [5.41, 5.74) is 11.5. The first-order valence-corrected chi connectivity index (χ1v) is 4.25. The van der Waals surface area contributed by atoms with E-state index in [0.29, 0.717) is 6.54 Å². The molecular formula is C7H11BrN4. The fourth-order valence-electron chi connectivity index (χ4n) is 0.896. The summed E-state index contributed by atoms with van der Waals surface area (Å²) >= 11 is 3.36. The summed E-state index contributed by atoms with van der Waals surface area (Å²) in [5, 5.41) is 0. The van der Waals surface area contributed by atoms with Gasteiger partial charge in [0.2, 0.25) is 0 Å². The molecule has 0 radical (unpaired) electrons. The van der Waals surface area contributed by atoms with E-state index >= 15 is 0 Å². The van der Waals surface area contributed by atoms with Crippen LogP contribution in [0.2, 0.25) is 0 Å². The Kier molecular flexibility index (Phi) is 2.75. The lowest BCUT2D eigenvalue weighted by molar-refractivity contribution is 0.823. The van der Waals surface area contributed by atoms with Crippen molar-refractivity contribution in [2.24, 2.45) is 23.5 Å². The van der Waals surface area contributed by atoms with Crippen LogP contribution in [0.5, 0.6) is 0 Å². The molecule has 0 amide bonds. The molecule has 5 heteroatoms. The number of hydrogen-bond donors (Lipinski definition) is 2. The normalized spacial score (nSPS) is 9.83. The molecule has 0 aliphatic rings. The zero-order valence-corrected chi connectivity index (χ0v) is 8.37. The summed E-state index contributed by atoms with van der Waals surface area (Å²) < 4.78 is 3.00. The first-order valence-electron chi connectivity index (χ1n) is 3.45. The topological polar surface area (TPSA) is 69.3 Å². The smallest absolute Gasteiger partial charge is 0.186 e. The van der Waals surface area contributed by atoms with Crippen LogP contribution >= 0.6 is 15.9 Å². The van der Waals surface area contributed by atoms with Crippen molar-refractivity contribution in [3.63, 3.8) is 0 Å². The van der Waals surface area contributed by atoms with Crippen LogP contribution in [-0.4, -0.2) is 10.5 Å². The molecule has 1 rings (SSSR count). The molecule has 0 aliphatic carbocycles. The predicted octanol–water partition coefficient (Wildman–Crippen LogP) is 0.561. The van der Waals surface area contributed by atoms with Crippen molar-refractivity contribution in [3.05, 3.63) is 22.4 Å². The first kappa shape index (κ1) is 9.12. The number of aliphatic imine (C=N–C) groups is 1. The number of hydrogen-bond acceptors (Lipinski definition) is 1. The van der Waals surface area contributed by atoms with Gasteiger partial charge in [0, 0.05) is 23.4 Å². The predicted molar refractivity (Wildman–Crippen MR) is 52.6 cm³/mol. The van der Waals surface area contributed by atoms with Crippen LogP contribution in [0.1, 0.15) is 5.69 Å². The van der Waals surface area contributed by atoms with Crippen molar-refractivity contribution in [3.8, 4) is 0 Å². The van der Waals surface area contributed by atoms with Gasteiger partial charge < -0.3 is 16.0 Å². The Bertz CT molecular complexity index is 298. The van der Waals surface area contributed by atoms with Gasteiger partial charge in [0.15, 0.2) is 5.96 Å². The van der Waals surface area contributed by atoms with E-state index in [0.717, 1.165) is 10.2 Å². The van der Waals surface area contributed by atoms with E-state index in [2.05, 4.69) is 20.9 Å². The Hall–Kier alpha value is -0.970. The zero-order chi connectivity index (χ0) is 9.14. The largest absolute Gasteiger partial charge is 0.370 e. The van der Waals surface area contributed by atoms with Gasteiger partial charge in [0.05, 0.1) is 6.54 Å². The summed E-state index contributed by atoms with van der Waals surface area (Å²) in [6, 6.07) is 1.98. The summed E-state index contributed by atoms with van der Waals surface area (Å²) in [7, 11) is 1.95. The Balaban J connectivity index is 2.75. The third-order valence-corrected chi connectivity index (χ3v) is 1.93. The highest BCUT2D eigenvalue weighted by molar-refractivity contribution is 9.10. The third-order valence-electron chi connectivity index (χ3n) is 1.50. The average Bonchev–Trinajstić information content (AvgIpc) is 2.26. The van der Waals surface area contributed by atoms with E-state index in [-0.39, 0.29) is 5.96 Å². The van der Waals surface area contributed by atoms with Crippen molar-refractivity contribution >= 4 is 21.9 Å². The van der Waals surface area contributed by atoms with Gasteiger partial charge in [-0.25, -0.2) is 4.99 Å². The van der Waals surface area contributed by atoms with Crippen molar-refractivity contribution in [2.45, 2.75) is 6.54 Å². The fourth-order valence-corrected chi connectivity index (χ4v) is 1.47. The summed E-state index contributed by atoms with van der Waals surface area (Å²) in [5.74, 6) is 0.118. The lowest BCUT2D eigenvalue weighted by Gasteiger charge is -1.97. The number of guanidine groups is 1. The van der Waals surface area contributed by atoms with E-state index in [9.17, 15) is 0 Å². The maximum Gasteiger partial charge on any atom is 0.186 e. The number of nitrogens with two attached hydrogens (primary N) is 2. The quantitative estimate of drug-likeness (QED) is 0.576. The zero-order valence-electron chi connectivity index (χ0n) is 6.79. The fraction of sp³-hybridized carbons (Fsp3) is 0.286. The average molecular weight is 231 g/mol. The van der Waals surface area contributed by atoms with Gasteiger partial charge in [-0.2, -0.15) is 0 Å². The molecule has 1 aromatic rings. The molecule has 0 aromatic carbocycles. The van der Waals surface area contributed by atoms with Gasteiger partial charge in [-0.1, -0.05) is 0 Å². The summed E-state index contributed by atoms with van der Waals surface area (Å²) in [6.45, 7) is 0.518. The van der Waals surface area contributed by atoms with Gasteiger partial charge in [0.25, 0.3) is 0 Å². The van der Waals surface area contributed by atoms with Crippen molar-refractivity contribution in [1.29, 1.82) is 0 Å². The minimum atomic E-state index is 0.118. The Morgan fingerprint density at radius 3 is 2.75 bits per heavy atom. The molecule has 1 heterocycles. The Morgan fingerprint density at radius 2 is 2.33 bits per heavy atom. The van der Waals surface area contributed by atoms with Gasteiger partial charge in [-0.15, -0.1) is 0 Å². The molecule has 0 atom stereocenters. The minimum Gasteiger partial charge on any atom is -0.370 e. The first-order chi connectivity index (χ1) is 5.59. The Morgan fingerprint density at radius 1 is 1.67 bits per heavy atom. The van der Waals surface area contributed by atoms with Gasteiger partial charge in [-0.05, 0) is 22.0 Å². The van der Waals surface area contributed by atoms with E-state index < -0.39 is 0 Å². The summed E-state index contributed by atoms with van der Waals surface area (Å²) in [4.78, 5) is 3.90. The molecule has 0 saturated carbocycles. The Labute approximate surface area is 79.4 Å². The third kappa shape index (κ3) is 2.27. The van der Waals surface area contributed by atoms with Gasteiger partial charge >= 0.3 is 0 Å². The van der Waals surface area contributed by atoms with Crippen LogP contribution in [0.15, 0.2) is 21.7 Å². The van der Waals surface area contributed by atoms with Crippen LogP contribution in [0.3, 0.4) is 0 Å². The van der Waals surface area contributed by atoms with E-state index in [1.54, 1.807) is 0 Å². The van der Waals surface area contributed by atoms with E-state index in [1.807, 2.05) is 23.9 Å². The maximum atomic E-state index is 5.20. The lowest BCUT2D eigenvalue weighted by atomic mass is 10.4. The monoisotopic (exact) mass is 230 g/mol. The summed E-state index contributed by atoms with van der Waals surface area (Å²) in [6.07, 6.45) is 1.96. The van der Waals surface area contributed by atoms with Crippen molar-refractivity contribution in [2.75, 3.05) is 0 Å². The highest BCUT2D eigenvalue weighted by Crippen LogP contribution is 2.13. The molecule has 0 fully saturated rings. The van der Waals surface area contributed by atoms with Gasteiger partial charge in [-0.3, -0.25) is 0 Å².